The van der Waals surface area contributed by atoms with Gasteiger partial charge < -0.3 is 15.5 Å². The number of hydrogen-bond acceptors (Lipinski definition) is 6. The highest BCUT2D eigenvalue weighted by Crippen LogP contribution is 2.41. The minimum atomic E-state index is -0.382. The van der Waals surface area contributed by atoms with E-state index < -0.39 is 0 Å². The zero-order chi connectivity index (χ0) is 23.3. The molecule has 8 nitrogen and oxygen atoms in total. The van der Waals surface area contributed by atoms with Crippen molar-refractivity contribution >= 4 is 17.4 Å². The van der Waals surface area contributed by atoms with Crippen molar-refractivity contribution in [2.24, 2.45) is 7.05 Å². The fourth-order valence-electron chi connectivity index (χ4n) is 5.00. The number of aromatic nitrogens is 3. The lowest BCUT2D eigenvalue weighted by molar-refractivity contribution is 0.0781. The van der Waals surface area contributed by atoms with Gasteiger partial charge in [-0.2, -0.15) is 10.4 Å². The van der Waals surface area contributed by atoms with E-state index in [2.05, 4.69) is 21.1 Å². The van der Waals surface area contributed by atoms with Crippen molar-refractivity contribution in [3.8, 4) is 17.2 Å². The highest BCUT2D eigenvalue weighted by atomic mass is 19.1. The van der Waals surface area contributed by atoms with Gasteiger partial charge in [-0.05, 0) is 49.1 Å². The van der Waals surface area contributed by atoms with Crippen molar-refractivity contribution in [1.29, 1.82) is 5.26 Å². The Kier molecular flexibility index (Phi) is 5.01. The summed E-state index contributed by atoms with van der Waals surface area (Å²) in [5.74, 6) is -0.249. The highest BCUT2D eigenvalue weighted by Gasteiger charge is 2.32. The molecule has 1 atom stereocenters. The Labute approximate surface area is 191 Å². The summed E-state index contributed by atoms with van der Waals surface area (Å²) in [5, 5.41) is 14.3. The molecule has 1 saturated heterocycles. The topological polar surface area (TPSA) is 104 Å². The number of nitrogens with two attached hydrogens (primary N) is 1. The Balaban J connectivity index is 1.81. The van der Waals surface area contributed by atoms with Crippen LogP contribution in [0.15, 0.2) is 30.5 Å². The predicted molar refractivity (Wildman–Crippen MR) is 122 cm³/mol. The third-order valence-electron chi connectivity index (χ3n) is 6.56. The number of amides is 1. The first kappa shape index (κ1) is 20.9. The number of hydrogen-bond donors (Lipinski definition) is 1. The molecule has 0 saturated carbocycles. The molecule has 0 unspecified atom stereocenters. The summed E-state index contributed by atoms with van der Waals surface area (Å²) in [4.78, 5) is 21.6. The molecular formula is C24H24FN7O. The van der Waals surface area contributed by atoms with E-state index in [0.29, 0.717) is 51.7 Å². The largest absolute Gasteiger partial charge is 0.382 e. The summed E-state index contributed by atoms with van der Waals surface area (Å²) in [7, 11) is 3.40. The number of pyridine rings is 1. The van der Waals surface area contributed by atoms with Crippen LogP contribution in [-0.2, 0) is 13.6 Å². The van der Waals surface area contributed by atoms with Gasteiger partial charge in [0.2, 0.25) is 0 Å². The Morgan fingerprint density at radius 3 is 2.85 bits per heavy atom. The first-order valence-electron chi connectivity index (χ1n) is 10.9. The summed E-state index contributed by atoms with van der Waals surface area (Å²) in [6.45, 7) is 0.888. The summed E-state index contributed by atoms with van der Waals surface area (Å²) >= 11 is 0. The molecule has 9 heteroatoms. The molecule has 3 aromatic rings. The lowest BCUT2D eigenvalue weighted by Gasteiger charge is -2.39. The smallest absolute Gasteiger partial charge is 0.254 e. The average molecular weight is 446 g/mol. The lowest BCUT2D eigenvalue weighted by Crippen LogP contribution is -2.36. The van der Waals surface area contributed by atoms with Crippen molar-refractivity contribution < 1.29 is 9.18 Å². The van der Waals surface area contributed by atoms with Crippen LogP contribution in [0, 0.1) is 17.1 Å². The van der Waals surface area contributed by atoms with Gasteiger partial charge in [0.15, 0.2) is 0 Å². The monoisotopic (exact) mass is 445 g/mol. The summed E-state index contributed by atoms with van der Waals surface area (Å²) in [6, 6.07) is 8.28. The van der Waals surface area contributed by atoms with E-state index >= 15 is 0 Å². The van der Waals surface area contributed by atoms with Crippen molar-refractivity contribution in [2.45, 2.75) is 31.8 Å². The van der Waals surface area contributed by atoms with E-state index in [1.807, 2.05) is 6.07 Å². The number of nitrogens with zero attached hydrogens (tertiary/aromatic N) is 6. The molecule has 0 spiro atoms. The molecule has 1 fully saturated rings. The molecule has 0 radical (unpaired) electrons. The van der Waals surface area contributed by atoms with E-state index in [0.717, 1.165) is 19.3 Å². The molecule has 2 bridgehead atoms. The summed E-state index contributed by atoms with van der Waals surface area (Å²) in [6.07, 6.45) is 4.30. The predicted octanol–water partition coefficient (Wildman–Crippen LogP) is 3.39. The fourth-order valence-corrected chi connectivity index (χ4v) is 5.00. The van der Waals surface area contributed by atoms with Gasteiger partial charge in [0.25, 0.3) is 5.91 Å². The molecule has 168 valence electrons. The number of piperidine rings is 1. The van der Waals surface area contributed by atoms with Crippen LogP contribution in [0.1, 0.15) is 52.6 Å². The molecule has 33 heavy (non-hydrogen) atoms. The van der Waals surface area contributed by atoms with Gasteiger partial charge in [-0.3, -0.25) is 9.48 Å². The third-order valence-corrected chi connectivity index (χ3v) is 6.56. The second kappa shape index (κ2) is 7.89. The minimum absolute atomic E-state index is 0.189. The minimum Gasteiger partial charge on any atom is -0.382 e. The van der Waals surface area contributed by atoms with Gasteiger partial charge in [0, 0.05) is 43.5 Å². The normalized spacial score (nSPS) is 17.9. The van der Waals surface area contributed by atoms with Gasteiger partial charge >= 0.3 is 0 Å². The number of halogens is 1. The number of aryl methyl sites for hydroxylation is 1. The molecule has 2 aliphatic heterocycles. The van der Waals surface area contributed by atoms with Crippen LogP contribution >= 0.6 is 0 Å². The maximum atomic E-state index is 14.4. The number of nitriles is 1. The van der Waals surface area contributed by atoms with Gasteiger partial charge in [-0.25, -0.2) is 9.37 Å². The van der Waals surface area contributed by atoms with Crippen molar-refractivity contribution in [3.05, 3.63) is 58.8 Å². The van der Waals surface area contributed by atoms with E-state index in [-0.39, 0.29) is 24.3 Å². The van der Waals surface area contributed by atoms with Gasteiger partial charge in [0.1, 0.15) is 23.4 Å². The number of nitrogen functional groups attached to an aromatic ring is 1. The molecule has 2 aliphatic rings. The maximum Gasteiger partial charge on any atom is 0.254 e. The second-order valence-electron chi connectivity index (χ2n) is 8.63. The molecule has 1 aromatic carbocycles. The first-order chi connectivity index (χ1) is 15.9. The number of anilines is 2. The second-order valence-corrected chi connectivity index (χ2v) is 8.63. The standard InChI is InChI=1S/C24H24FN7O/c1-30-13-18-22(21(11-26)31(2)29-18)14-9-20(23(27)28-12-14)32-8-4-3-5-19(32)17-10-15(25)6-7-16(17)24(30)33/h6-7,9-10,12,19H,3-5,8,13H2,1-2H3,(H2,27,28)/t19-/m1/s1. The van der Waals surface area contributed by atoms with Crippen LogP contribution < -0.4 is 10.6 Å². The van der Waals surface area contributed by atoms with Crippen LogP contribution in [0.5, 0.6) is 0 Å². The van der Waals surface area contributed by atoms with Crippen molar-refractivity contribution in [3.63, 3.8) is 0 Å². The Bertz CT molecular complexity index is 1310. The number of rotatable bonds is 0. The number of benzene rings is 1. The quantitative estimate of drug-likeness (QED) is 0.569. The maximum absolute atomic E-state index is 14.4. The Morgan fingerprint density at radius 1 is 1.24 bits per heavy atom. The first-order valence-corrected chi connectivity index (χ1v) is 10.9. The molecule has 1 amide bonds. The van der Waals surface area contributed by atoms with Crippen molar-refractivity contribution in [2.75, 3.05) is 24.2 Å². The van der Waals surface area contributed by atoms with E-state index in [1.54, 1.807) is 31.3 Å². The van der Waals surface area contributed by atoms with Crippen LogP contribution in [0.25, 0.3) is 11.1 Å². The van der Waals surface area contributed by atoms with Crippen LogP contribution in [0.2, 0.25) is 0 Å². The van der Waals surface area contributed by atoms with Crippen LogP contribution in [0.3, 0.4) is 0 Å². The van der Waals surface area contributed by atoms with Gasteiger partial charge in [-0.1, -0.05) is 0 Å². The highest BCUT2D eigenvalue weighted by molar-refractivity contribution is 5.96. The Hall–Kier alpha value is -3.93. The van der Waals surface area contributed by atoms with Crippen molar-refractivity contribution in [1.82, 2.24) is 19.7 Å². The van der Waals surface area contributed by atoms with Crippen LogP contribution in [-0.4, -0.2) is 39.2 Å². The van der Waals surface area contributed by atoms with E-state index in [4.69, 9.17) is 5.73 Å². The SMILES string of the molecule is CN1Cc2nn(C)c(C#N)c2-c2cnc(N)c(c2)N2CCCC[C@@H]2c2cc(F)ccc2C1=O. The van der Waals surface area contributed by atoms with Crippen LogP contribution in [0.4, 0.5) is 15.9 Å². The number of fused-ring (bicyclic) bond motifs is 8. The van der Waals surface area contributed by atoms with Gasteiger partial charge in [0.05, 0.1) is 24.0 Å². The Morgan fingerprint density at radius 2 is 2.06 bits per heavy atom. The zero-order valence-electron chi connectivity index (χ0n) is 18.5. The molecule has 0 aliphatic carbocycles. The molecule has 2 aromatic heterocycles. The molecular weight excluding hydrogens is 421 g/mol. The summed E-state index contributed by atoms with van der Waals surface area (Å²) in [5.41, 5.74) is 10.5. The fraction of sp³-hybridized carbons (Fsp3) is 0.333. The third kappa shape index (κ3) is 3.39. The lowest BCUT2D eigenvalue weighted by atomic mass is 9.90. The molecule has 2 N–H and O–H groups in total. The van der Waals surface area contributed by atoms with E-state index in [9.17, 15) is 14.4 Å². The number of carbonyl (C=O) groups is 1. The summed E-state index contributed by atoms with van der Waals surface area (Å²) < 4.78 is 15.9. The van der Waals surface area contributed by atoms with Gasteiger partial charge in [-0.15, -0.1) is 0 Å². The van der Waals surface area contributed by atoms with E-state index in [1.165, 1.54) is 16.8 Å². The number of carbonyl (C=O) groups excluding carboxylic acids is 1. The molecule has 5 rings (SSSR count). The average Bonchev–Trinajstić information content (AvgIpc) is 3.12. The zero-order valence-corrected chi connectivity index (χ0v) is 18.5. The molecule has 4 heterocycles.